The molecule has 0 saturated heterocycles. The van der Waals surface area contributed by atoms with Crippen molar-refractivity contribution in [2.75, 3.05) is 5.32 Å². The van der Waals surface area contributed by atoms with Crippen molar-refractivity contribution in [2.45, 2.75) is 6.54 Å². The number of hydrogen-bond donors (Lipinski definition) is 2. The van der Waals surface area contributed by atoms with Crippen LogP contribution in [0.4, 0.5) is 10.5 Å². The fraction of sp³-hybridized carbons (Fsp3) is 0.0435. The average Bonchev–Trinajstić information content (AvgIpc) is 3.08. The Hall–Kier alpha value is -3.57. The second-order valence-electron chi connectivity index (χ2n) is 6.51. The molecule has 0 fully saturated rings. The van der Waals surface area contributed by atoms with Gasteiger partial charge in [-0.1, -0.05) is 66.2 Å². The number of nitrogens with one attached hydrogen (secondary N) is 2. The van der Waals surface area contributed by atoms with E-state index in [1.54, 1.807) is 6.21 Å². The Labute approximate surface area is 173 Å². The fourth-order valence-corrected chi connectivity index (χ4v) is 3.36. The number of aromatic nitrogens is 1. The number of hydrogen-bond acceptors (Lipinski definition) is 2. The maximum absolute atomic E-state index is 12.0. The maximum atomic E-state index is 12.0. The van der Waals surface area contributed by atoms with Gasteiger partial charge in [-0.2, -0.15) is 5.10 Å². The SMILES string of the molecule is O=C(N/N=C/c1cn(Cc2ccccc2Cl)c2ccccc12)Nc1ccccc1. The predicted octanol–water partition coefficient (Wildman–Crippen LogP) is 5.50. The number of fused-ring (bicyclic) bond motifs is 1. The van der Waals surface area contributed by atoms with Crippen LogP contribution in [0.3, 0.4) is 0 Å². The molecule has 0 saturated carbocycles. The summed E-state index contributed by atoms with van der Waals surface area (Å²) in [5.74, 6) is 0. The van der Waals surface area contributed by atoms with Gasteiger partial charge in [-0.3, -0.25) is 0 Å². The number of benzene rings is 3. The molecule has 0 atom stereocenters. The summed E-state index contributed by atoms with van der Waals surface area (Å²) in [4.78, 5) is 12.0. The van der Waals surface area contributed by atoms with Gasteiger partial charge in [0, 0.05) is 39.9 Å². The van der Waals surface area contributed by atoms with E-state index in [0.717, 1.165) is 27.1 Å². The summed E-state index contributed by atoms with van der Waals surface area (Å²) in [7, 11) is 0. The predicted molar refractivity (Wildman–Crippen MR) is 119 cm³/mol. The lowest BCUT2D eigenvalue weighted by Crippen LogP contribution is -2.24. The van der Waals surface area contributed by atoms with Crippen molar-refractivity contribution in [3.63, 3.8) is 0 Å². The Morgan fingerprint density at radius 3 is 2.52 bits per heavy atom. The number of hydrazone groups is 1. The highest BCUT2D eigenvalue weighted by Gasteiger charge is 2.09. The molecule has 0 bridgehead atoms. The largest absolute Gasteiger partial charge is 0.342 e. The van der Waals surface area contributed by atoms with Crippen molar-refractivity contribution in [1.29, 1.82) is 0 Å². The van der Waals surface area contributed by atoms with E-state index in [2.05, 4.69) is 26.5 Å². The van der Waals surface area contributed by atoms with E-state index >= 15 is 0 Å². The summed E-state index contributed by atoms with van der Waals surface area (Å²) in [6, 6.07) is 24.7. The molecule has 0 aliphatic rings. The van der Waals surface area contributed by atoms with Gasteiger partial charge in [0.2, 0.25) is 0 Å². The first kappa shape index (κ1) is 18.8. The van der Waals surface area contributed by atoms with Crippen LogP contribution in [0.5, 0.6) is 0 Å². The smallest absolute Gasteiger partial charge is 0.339 e. The second kappa shape index (κ2) is 8.63. The number of amides is 2. The number of para-hydroxylation sites is 2. The van der Waals surface area contributed by atoms with Gasteiger partial charge in [0.1, 0.15) is 0 Å². The summed E-state index contributed by atoms with van der Waals surface area (Å²) in [6.45, 7) is 0.649. The quantitative estimate of drug-likeness (QED) is 0.336. The van der Waals surface area contributed by atoms with Crippen molar-refractivity contribution >= 4 is 40.4 Å². The molecule has 29 heavy (non-hydrogen) atoms. The van der Waals surface area contributed by atoms with Crippen LogP contribution in [0.25, 0.3) is 10.9 Å². The molecule has 0 aliphatic heterocycles. The van der Waals surface area contributed by atoms with Gasteiger partial charge in [-0.05, 0) is 29.8 Å². The summed E-state index contributed by atoms with van der Waals surface area (Å²) >= 11 is 6.32. The van der Waals surface area contributed by atoms with Crippen molar-refractivity contribution in [1.82, 2.24) is 9.99 Å². The third-order valence-corrected chi connectivity index (χ3v) is 4.89. The third-order valence-electron chi connectivity index (χ3n) is 4.52. The van der Waals surface area contributed by atoms with E-state index in [0.29, 0.717) is 12.2 Å². The third kappa shape index (κ3) is 4.47. The molecular formula is C23H19ClN4O. The van der Waals surface area contributed by atoms with Gasteiger partial charge < -0.3 is 9.88 Å². The first-order valence-corrected chi connectivity index (χ1v) is 9.55. The minimum atomic E-state index is -0.396. The number of rotatable bonds is 5. The summed E-state index contributed by atoms with van der Waals surface area (Å²) in [6.07, 6.45) is 3.66. The summed E-state index contributed by atoms with van der Waals surface area (Å²) in [5, 5.41) is 8.61. The molecule has 0 spiro atoms. The van der Waals surface area contributed by atoms with Crippen molar-refractivity contribution in [2.24, 2.45) is 5.10 Å². The maximum Gasteiger partial charge on any atom is 0.339 e. The zero-order valence-corrected chi connectivity index (χ0v) is 16.3. The van der Waals surface area contributed by atoms with E-state index in [4.69, 9.17) is 11.6 Å². The highest BCUT2D eigenvalue weighted by Crippen LogP contribution is 2.23. The lowest BCUT2D eigenvalue weighted by atomic mass is 10.2. The van der Waals surface area contributed by atoms with Crippen LogP contribution in [0.15, 0.2) is 90.2 Å². The zero-order valence-electron chi connectivity index (χ0n) is 15.5. The van der Waals surface area contributed by atoms with Gasteiger partial charge in [0.15, 0.2) is 0 Å². The lowest BCUT2D eigenvalue weighted by Gasteiger charge is -2.07. The standard InChI is InChI=1S/C23H19ClN4O/c24-21-12-6-4-8-17(21)15-28-16-18(20-11-5-7-13-22(20)28)14-25-27-23(29)26-19-9-2-1-3-10-19/h1-14,16H,15H2,(H2,26,27,29)/b25-14+. The molecule has 5 nitrogen and oxygen atoms in total. The molecule has 1 heterocycles. The first-order valence-electron chi connectivity index (χ1n) is 9.17. The first-order chi connectivity index (χ1) is 14.2. The van der Waals surface area contributed by atoms with Gasteiger partial charge in [0.05, 0.1) is 6.21 Å². The van der Waals surface area contributed by atoms with Crippen LogP contribution in [-0.2, 0) is 6.54 Å². The molecule has 0 aliphatic carbocycles. The highest BCUT2D eigenvalue weighted by atomic mass is 35.5. The Morgan fingerprint density at radius 1 is 0.966 bits per heavy atom. The van der Waals surface area contributed by atoms with Crippen molar-refractivity contribution < 1.29 is 4.79 Å². The van der Waals surface area contributed by atoms with Crippen LogP contribution in [0.1, 0.15) is 11.1 Å². The number of halogens is 1. The van der Waals surface area contributed by atoms with Crippen LogP contribution < -0.4 is 10.7 Å². The van der Waals surface area contributed by atoms with Crippen LogP contribution in [0.2, 0.25) is 5.02 Å². The summed E-state index contributed by atoms with van der Waals surface area (Å²) < 4.78 is 2.13. The monoisotopic (exact) mass is 402 g/mol. The molecule has 0 unspecified atom stereocenters. The zero-order chi connectivity index (χ0) is 20.1. The van der Waals surface area contributed by atoms with Gasteiger partial charge in [-0.15, -0.1) is 0 Å². The Balaban J connectivity index is 1.52. The molecule has 2 amide bonds. The van der Waals surface area contributed by atoms with E-state index in [1.807, 2.05) is 79.0 Å². The number of anilines is 1. The van der Waals surface area contributed by atoms with Crippen LogP contribution in [-0.4, -0.2) is 16.8 Å². The Bertz CT molecular complexity index is 1170. The minimum absolute atomic E-state index is 0.396. The van der Waals surface area contributed by atoms with Gasteiger partial charge in [-0.25, -0.2) is 10.2 Å². The van der Waals surface area contributed by atoms with E-state index in [1.165, 1.54) is 0 Å². The molecule has 4 aromatic rings. The lowest BCUT2D eigenvalue weighted by molar-refractivity contribution is 0.252. The van der Waals surface area contributed by atoms with E-state index < -0.39 is 6.03 Å². The van der Waals surface area contributed by atoms with Gasteiger partial charge in [0.25, 0.3) is 0 Å². The fourth-order valence-electron chi connectivity index (χ4n) is 3.16. The van der Waals surface area contributed by atoms with Crippen molar-refractivity contribution in [3.05, 3.63) is 101 Å². The number of urea groups is 1. The molecule has 4 rings (SSSR count). The Morgan fingerprint density at radius 2 is 1.69 bits per heavy atom. The van der Waals surface area contributed by atoms with Crippen LogP contribution in [0, 0.1) is 0 Å². The minimum Gasteiger partial charge on any atom is -0.342 e. The Kier molecular flexibility index (Phi) is 5.59. The van der Waals surface area contributed by atoms with Gasteiger partial charge >= 0.3 is 6.03 Å². The summed E-state index contributed by atoms with van der Waals surface area (Å²) in [5.41, 5.74) is 6.23. The molecule has 2 N–H and O–H groups in total. The highest BCUT2D eigenvalue weighted by molar-refractivity contribution is 6.31. The van der Waals surface area contributed by atoms with E-state index in [-0.39, 0.29) is 0 Å². The normalized spacial score (nSPS) is 11.1. The molecule has 0 radical (unpaired) electrons. The topological polar surface area (TPSA) is 58.4 Å². The number of carbonyl (C=O) groups excluding carboxylic acids is 1. The molecular weight excluding hydrogens is 384 g/mol. The number of nitrogens with zero attached hydrogens (tertiary/aromatic N) is 2. The van der Waals surface area contributed by atoms with Crippen molar-refractivity contribution in [3.8, 4) is 0 Å². The second-order valence-corrected chi connectivity index (χ2v) is 6.92. The molecule has 144 valence electrons. The van der Waals surface area contributed by atoms with E-state index in [9.17, 15) is 4.79 Å². The molecule has 3 aromatic carbocycles. The number of carbonyl (C=O) groups is 1. The average molecular weight is 403 g/mol. The molecule has 1 aromatic heterocycles. The molecule has 6 heteroatoms. The van der Waals surface area contributed by atoms with Crippen LogP contribution >= 0.6 is 11.6 Å².